The van der Waals surface area contributed by atoms with Gasteiger partial charge in [-0.15, -0.1) is 0 Å². The molecule has 0 aliphatic carbocycles. The molecule has 4 heterocycles. The second kappa shape index (κ2) is 7.76. The first-order valence-electron chi connectivity index (χ1n) is 8.98. The lowest BCUT2D eigenvalue weighted by atomic mass is 10.0. The molecule has 2 aromatic rings. The van der Waals surface area contributed by atoms with Crippen molar-refractivity contribution >= 4 is 11.6 Å². The molecule has 2 aliphatic rings. The molecule has 4 rings (SSSR count). The van der Waals surface area contributed by atoms with E-state index in [0.29, 0.717) is 11.6 Å². The molecule has 0 saturated carbocycles. The summed E-state index contributed by atoms with van der Waals surface area (Å²) < 4.78 is 18.7. The van der Waals surface area contributed by atoms with Crippen LogP contribution in [0.2, 0.25) is 0 Å². The van der Waals surface area contributed by atoms with Crippen molar-refractivity contribution in [1.29, 1.82) is 0 Å². The molecular weight excluding hydrogens is 365 g/mol. The first-order chi connectivity index (χ1) is 13.6. The molecule has 2 saturated heterocycles. The summed E-state index contributed by atoms with van der Waals surface area (Å²) in [4.78, 5) is 21.3. The van der Waals surface area contributed by atoms with Gasteiger partial charge in [-0.3, -0.25) is 15.1 Å². The normalized spacial score (nSPS) is 27.2. The highest BCUT2D eigenvalue weighted by molar-refractivity contribution is 5.97. The summed E-state index contributed by atoms with van der Waals surface area (Å²) in [7, 11) is 1.55. The van der Waals surface area contributed by atoms with Crippen molar-refractivity contribution in [2.45, 2.75) is 18.5 Å². The second-order valence-corrected chi connectivity index (χ2v) is 6.78. The topological polar surface area (TPSA) is 117 Å². The first-order valence-corrected chi connectivity index (χ1v) is 8.98. The highest BCUT2D eigenvalue weighted by atomic mass is 19.1. The summed E-state index contributed by atoms with van der Waals surface area (Å²) in [5, 5.41) is 7.61. The van der Waals surface area contributed by atoms with Crippen LogP contribution in [0, 0.1) is 5.92 Å². The summed E-state index contributed by atoms with van der Waals surface area (Å²) in [6.07, 6.45) is 2.89. The van der Waals surface area contributed by atoms with Crippen LogP contribution < -0.4 is 26.5 Å². The van der Waals surface area contributed by atoms with Gasteiger partial charge in [0.1, 0.15) is 6.17 Å². The number of pyridine rings is 2. The van der Waals surface area contributed by atoms with Crippen molar-refractivity contribution in [3.8, 4) is 17.0 Å². The number of anilines is 1. The van der Waals surface area contributed by atoms with Crippen LogP contribution in [0.25, 0.3) is 11.1 Å². The average molecular weight is 387 g/mol. The number of nitrogens with two attached hydrogens (primary N) is 1. The van der Waals surface area contributed by atoms with Crippen LogP contribution in [0.3, 0.4) is 0 Å². The molecule has 0 aromatic carbocycles. The number of alkyl halides is 1. The Labute approximate surface area is 161 Å². The molecule has 2 aliphatic heterocycles. The lowest BCUT2D eigenvalue weighted by molar-refractivity contribution is -0.121. The number of carbonyl (C=O) groups is 1. The number of hydrogen-bond acceptors (Lipinski definition) is 8. The fraction of sp³-hybridized carbons (Fsp3) is 0.389. The summed E-state index contributed by atoms with van der Waals surface area (Å²) in [6.45, 7) is 0.375. The largest absolute Gasteiger partial charge is 0.481 e. The number of hydrogen-bond donors (Lipinski definition) is 4. The molecule has 28 heavy (non-hydrogen) atoms. The van der Waals surface area contributed by atoms with Crippen LogP contribution in [-0.2, 0) is 4.79 Å². The standard InChI is InChI=1S/C18H22FN7O2/c1-28-14-3-2-10(6-22-14)12-4-5-21-8-13(12)24-18(27)15-16(20)25-26-9-11(19)7-23-17(15)26/h2-6,8,11,15-17,23,25H,7,9,20H2,1H3,(H,24,27). The maximum atomic E-state index is 13.6. The van der Waals surface area contributed by atoms with Gasteiger partial charge in [0.15, 0.2) is 0 Å². The Balaban J connectivity index is 1.55. The Morgan fingerprint density at radius 2 is 2.25 bits per heavy atom. The maximum absolute atomic E-state index is 13.6. The fourth-order valence-electron chi connectivity index (χ4n) is 3.60. The van der Waals surface area contributed by atoms with E-state index < -0.39 is 18.3 Å². The van der Waals surface area contributed by atoms with E-state index in [2.05, 4.69) is 26.0 Å². The number of amides is 1. The number of nitrogens with zero attached hydrogens (tertiary/aromatic N) is 3. The molecular formula is C18H22FN7O2. The fourth-order valence-corrected chi connectivity index (χ4v) is 3.60. The van der Waals surface area contributed by atoms with Crippen molar-refractivity contribution < 1.29 is 13.9 Å². The van der Waals surface area contributed by atoms with Crippen LogP contribution >= 0.6 is 0 Å². The zero-order valence-corrected chi connectivity index (χ0v) is 15.3. The van der Waals surface area contributed by atoms with Crippen molar-refractivity contribution in [3.63, 3.8) is 0 Å². The highest BCUT2D eigenvalue weighted by Gasteiger charge is 2.47. The number of fused-ring (bicyclic) bond motifs is 1. The Kier molecular flexibility index (Phi) is 5.18. The van der Waals surface area contributed by atoms with Gasteiger partial charge < -0.3 is 15.8 Å². The van der Waals surface area contributed by atoms with Crippen molar-refractivity contribution in [3.05, 3.63) is 36.8 Å². The van der Waals surface area contributed by atoms with Crippen LogP contribution in [-0.4, -0.2) is 59.6 Å². The zero-order chi connectivity index (χ0) is 19.7. The molecule has 4 atom stereocenters. The van der Waals surface area contributed by atoms with E-state index in [-0.39, 0.29) is 25.2 Å². The summed E-state index contributed by atoms with van der Waals surface area (Å²) in [6, 6.07) is 5.39. The smallest absolute Gasteiger partial charge is 0.233 e. The Morgan fingerprint density at radius 3 is 3.00 bits per heavy atom. The lowest BCUT2D eigenvalue weighted by Crippen LogP contribution is -2.58. The zero-order valence-electron chi connectivity index (χ0n) is 15.3. The van der Waals surface area contributed by atoms with E-state index in [9.17, 15) is 9.18 Å². The van der Waals surface area contributed by atoms with Crippen molar-refractivity contribution in [2.24, 2.45) is 11.7 Å². The van der Waals surface area contributed by atoms with E-state index in [1.54, 1.807) is 42.8 Å². The predicted molar refractivity (Wildman–Crippen MR) is 101 cm³/mol. The molecule has 4 unspecified atom stereocenters. The highest BCUT2D eigenvalue weighted by Crippen LogP contribution is 2.29. The number of carbonyl (C=O) groups excluding carboxylic acids is 1. The molecule has 0 radical (unpaired) electrons. The molecule has 5 N–H and O–H groups in total. The maximum Gasteiger partial charge on any atom is 0.233 e. The third kappa shape index (κ3) is 3.54. The molecule has 10 heteroatoms. The summed E-state index contributed by atoms with van der Waals surface area (Å²) in [5.41, 5.74) is 11.2. The Hall–Kier alpha value is -2.66. The van der Waals surface area contributed by atoms with Gasteiger partial charge in [0.05, 0.1) is 37.2 Å². The third-order valence-electron chi connectivity index (χ3n) is 4.96. The number of aromatic nitrogens is 2. The molecule has 9 nitrogen and oxygen atoms in total. The van der Waals surface area contributed by atoms with Crippen LogP contribution in [0.1, 0.15) is 0 Å². The monoisotopic (exact) mass is 387 g/mol. The Bertz CT molecular complexity index is 850. The SMILES string of the molecule is COc1ccc(-c2ccncc2NC(=O)C2C(N)NN3CC(F)CNC23)cn1. The van der Waals surface area contributed by atoms with Crippen LogP contribution in [0.15, 0.2) is 36.8 Å². The lowest BCUT2D eigenvalue weighted by Gasteiger charge is -2.33. The number of ether oxygens (including phenoxy) is 1. The van der Waals surface area contributed by atoms with E-state index in [0.717, 1.165) is 11.1 Å². The minimum absolute atomic E-state index is 0.185. The van der Waals surface area contributed by atoms with Crippen molar-refractivity contribution in [1.82, 2.24) is 25.7 Å². The molecule has 2 aromatic heterocycles. The molecule has 148 valence electrons. The van der Waals surface area contributed by atoms with Gasteiger partial charge in [0, 0.05) is 42.7 Å². The third-order valence-corrected chi connectivity index (χ3v) is 4.96. The van der Waals surface area contributed by atoms with Gasteiger partial charge in [0.25, 0.3) is 0 Å². The van der Waals surface area contributed by atoms with Gasteiger partial charge in [-0.1, -0.05) is 0 Å². The number of rotatable bonds is 4. The molecule has 1 amide bonds. The van der Waals surface area contributed by atoms with Gasteiger partial charge in [-0.05, 0) is 12.1 Å². The van der Waals surface area contributed by atoms with Gasteiger partial charge >= 0.3 is 0 Å². The van der Waals surface area contributed by atoms with Crippen LogP contribution in [0.4, 0.5) is 10.1 Å². The van der Waals surface area contributed by atoms with Crippen molar-refractivity contribution in [2.75, 3.05) is 25.5 Å². The van der Waals surface area contributed by atoms with E-state index in [1.807, 2.05) is 6.07 Å². The minimum Gasteiger partial charge on any atom is -0.481 e. The van der Waals surface area contributed by atoms with E-state index in [1.165, 1.54) is 0 Å². The number of nitrogens with one attached hydrogen (secondary N) is 3. The average Bonchev–Trinajstić information content (AvgIpc) is 3.03. The van der Waals surface area contributed by atoms with Crippen LogP contribution in [0.5, 0.6) is 5.88 Å². The second-order valence-electron chi connectivity index (χ2n) is 6.78. The number of hydrazine groups is 1. The van der Waals surface area contributed by atoms with Gasteiger partial charge in [0.2, 0.25) is 11.8 Å². The van der Waals surface area contributed by atoms with E-state index >= 15 is 0 Å². The summed E-state index contributed by atoms with van der Waals surface area (Å²) in [5.74, 6) is -0.358. The molecule has 0 spiro atoms. The molecule has 0 bridgehead atoms. The molecule has 2 fully saturated rings. The minimum atomic E-state index is -1.01. The predicted octanol–water partition coefficient (Wildman–Crippen LogP) is 0.0793. The van der Waals surface area contributed by atoms with Gasteiger partial charge in [-0.2, -0.15) is 0 Å². The number of methoxy groups -OCH3 is 1. The number of halogens is 1. The van der Waals surface area contributed by atoms with E-state index in [4.69, 9.17) is 10.5 Å². The van der Waals surface area contributed by atoms with Gasteiger partial charge in [-0.25, -0.2) is 19.8 Å². The quantitative estimate of drug-likeness (QED) is 0.583. The first kappa shape index (κ1) is 18.7. The Morgan fingerprint density at radius 1 is 1.39 bits per heavy atom. The summed E-state index contributed by atoms with van der Waals surface area (Å²) >= 11 is 0.